The molecule has 4 heteroatoms. The Bertz CT molecular complexity index is 329. The Morgan fingerprint density at radius 2 is 2.18 bits per heavy atom. The van der Waals surface area contributed by atoms with Crippen molar-refractivity contribution in [2.75, 3.05) is 19.6 Å². The van der Waals surface area contributed by atoms with Gasteiger partial charge in [-0.2, -0.15) is 0 Å². The number of nitrogens with one attached hydrogen (secondary N) is 1. The molecule has 1 fully saturated rings. The highest BCUT2D eigenvalue weighted by Gasteiger charge is 2.19. The third-order valence-electron chi connectivity index (χ3n) is 3.39. The highest BCUT2D eigenvalue weighted by atomic mass is 16.4. The molecule has 0 aromatic carbocycles. The maximum atomic E-state index is 5.64. The Balaban J connectivity index is 1.77. The fourth-order valence-corrected chi connectivity index (χ4v) is 2.36. The first-order valence-corrected chi connectivity index (χ1v) is 6.71. The van der Waals surface area contributed by atoms with E-state index < -0.39 is 0 Å². The normalized spacial score (nSPS) is 18.7. The summed E-state index contributed by atoms with van der Waals surface area (Å²) in [5, 5.41) is 3.52. The number of likely N-dealkylation sites (tertiary alicyclic amines) is 1. The average Bonchev–Trinajstić information content (AvgIpc) is 2.80. The Morgan fingerprint density at radius 1 is 1.41 bits per heavy atom. The van der Waals surface area contributed by atoms with Gasteiger partial charge in [0.1, 0.15) is 5.76 Å². The molecule has 0 amide bonds. The lowest BCUT2D eigenvalue weighted by Gasteiger charge is -2.31. The zero-order valence-corrected chi connectivity index (χ0v) is 10.9. The summed E-state index contributed by atoms with van der Waals surface area (Å²) in [6.45, 7) is 8.48. The number of hydrogen-bond acceptors (Lipinski definition) is 4. The van der Waals surface area contributed by atoms with Gasteiger partial charge in [-0.3, -0.25) is 4.90 Å². The van der Waals surface area contributed by atoms with E-state index in [0.29, 0.717) is 6.04 Å². The van der Waals surface area contributed by atoms with E-state index in [-0.39, 0.29) is 0 Å². The molecule has 0 radical (unpaired) electrons. The summed E-state index contributed by atoms with van der Waals surface area (Å²) in [5.74, 6) is 1.85. The van der Waals surface area contributed by atoms with Crippen molar-refractivity contribution in [1.82, 2.24) is 15.2 Å². The van der Waals surface area contributed by atoms with E-state index in [4.69, 9.17) is 4.42 Å². The molecule has 1 aliphatic rings. The van der Waals surface area contributed by atoms with Crippen LogP contribution in [0.2, 0.25) is 0 Å². The number of hydrogen-bond donors (Lipinski definition) is 1. The summed E-state index contributed by atoms with van der Waals surface area (Å²) in [6, 6.07) is 0.701. The van der Waals surface area contributed by atoms with Crippen LogP contribution >= 0.6 is 0 Å². The molecule has 1 saturated heterocycles. The minimum Gasteiger partial charge on any atom is -0.444 e. The van der Waals surface area contributed by atoms with Crippen molar-refractivity contribution in [3.63, 3.8) is 0 Å². The molecule has 0 bridgehead atoms. The van der Waals surface area contributed by atoms with Crippen molar-refractivity contribution in [3.05, 3.63) is 17.8 Å². The van der Waals surface area contributed by atoms with Crippen LogP contribution in [0.1, 0.15) is 38.3 Å². The van der Waals surface area contributed by atoms with Gasteiger partial charge in [0.25, 0.3) is 0 Å². The molecule has 0 saturated carbocycles. The van der Waals surface area contributed by atoms with Crippen molar-refractivity contribution < 1.29 is 4.42 Å². The van der Waals surface area contributed by atoms with Crippen LogP contribution in [0.15, 0.2) is 10.6 Å². The summed E-state index contributed by atoms with van der Waals surface area (Å²) in [6.07, 6.45) is 5.24. The summed E-state index contributed by atoms with van der Waals surface area (Å²) in [4.78, 5) is 6.74. The van der Waals surface area contributed by atoms with E-state index >= 15 is 0 Å². The third kappa shape index (κ3) is 3.54. The topological polar surface area (TPSA) is 41.3 Å². The molecule has 96 valence electrons. The van der Waals surface area contributed by atoms with Gasteiger partial charge in [0.2, 0.25) is 5.89 Å². The molecule has 0 spiro atoms. The van der Waals surface area contributed by atoms with Gasteiger partial charge >= 0.3 is 0 Å². The van der Waals surface area contributed by atoms with E-state index in [1.807, 2.05) is 6.20 Å². The number of oxazole rings is 1. The predicted molar refractivity (Wildman–Crippen MR) is 67.9 cm³/mol. The molecule has 17 heavy (non-hydrogen) atoms. The maximum Gasteiger partial charge on any atom is 0.208 e. The van der Waals surface area contributed by atoms with Crippen LogP contribution in [-0.4, -0.2) is 35.6 Å². The van der Waals surface area contributed by atoms with E-state index in [1.54, 1.807) is 0 Å². The van der Waals surface area contributed by atoms with Crippen molar-refractivity contribution in [3.8, 4) is 0 Å². The lowest BCUT2D eigenvalue weighted by Crippen LogP contribution is -2.42. The second-order valence-corrected chi connectivity index (χ2v) is 4.68. The van der Waals surface area contributed by atoms with Gasteiger partial charge in [-0.25, -0.2) is 4.98 Å². The molecule has 1 aromatic rings. The fourth-order valence-electron chi connectivity index (χ4n) is 2.36. The van der Waals surface area contributed by atoms with Crippen LogP contribution < -0.4 is 5.32 Å². The lowest BCUT2D eigenvalue weighted by atomic mass is 10.1. The first kappa shape index (κ1) is 12.6. The van der Waals surface area contributed by atoms with Crippen molar-refractivity contribution in [2.45, 2.75) is 45.7 Å². The first-order valence-electron chi connectivity index (χ1n) is 6.71. The summed E-state index contributed by atoms with van der Waals surface area (Å²) < 4.78 is 5.64. The standard InChI is InChI=1S/C13H23N3O/c1-3-12-9-15-13(17-12)10-16-7-5-11(6-8-16)14-4-2/h9,11,14H,3-8,10H2,1-2H3. The van der Waals surface area contributed by atoms with Gasteiger partial charge in [-0.05, 0) is 19.4 Å². The molecule has 0 atom stereocenters. The molecule has 1 aromatic heterocycles. The van der Waals surface area contributed by atoms with Crippen LogP contribution in [0.4, 0.5) is 0 Å². The van der Waals surface area contributed by atoms with Gasteiger partial charge < -0.3 is 9.73 Å². The van der Waals surface area contributed by atoms with Crippen LogP contribution in [0.25, 0.3) is 0 Å². The SMILES string of the molecule is CCNC1CCN(Cc2ncc(CC)o2)CC1. The third-order valence-corrected chi connectivity index (χ3v) is 3.39. The summed E-state index contributed by atoms with van der Waals surface area (Å²) in [7, 11) is 0. The molecule has 2 heterocycles. The number of nitrogens with zero attached hydrogens (tertiary/aromatic N) is 2. The molecule has 2 rings (SSSR count). The van der Waals surface area contributed by atoms with E-state index in [9.17, 15) is 0 Å². The van der Waals surface area contributed by atoms with E-state index in [0.717, 1.165) is 44.3 Å². The van der Waals surface area contributed by atoms with Gasteiger partial charge in [-0.1, -0.05) is 13.8 Å². The van der Waals surface area contributed by atoms with E-state index in [1.165, 1.54) is 12.8 Å². The minimum atomic E-state index is 0.701. The molecule has 1 aliphatic heterocycles. The van der Waals surface area contributed by atoms with Crippen LogP contribution in [0.5, 0.6) is 0 Å². The zero-order chi connectivity index (χ0) is 12.1. The fraction of sp³-hybridized carbons (Fsp3) is 0.769. The molecule has 1 N–H and O–H groups in total. The maximum absolute atomic E-state index is 5.64. The molecule has 0 aliphatic carbocycles. The summed E-state index contributed by atoms with van der Waals surface area (Å²) >= 11 is 0. The second-order valence-electron chi connectivity index (χ2n) is 4.68. The quantitative estimate of drug-likeness (QED) is 0.848. The predicted octanol–water partition coefficient (Wildman–Crippen LogP) is 1.81. The van der Waals surface area contributed by atoms with E-state index in [2.05, 4.69) is 29.0 Å². The van der Waals surface area contributed by atoms with Gasteiger partial charge in [0.15, 0.2) is 0 Å². The number of aryl methyl sites for hydroxylation is 1. The smallest absolute Gasteiger partial charge is 0.208 e. The number of piperidine rings is 1. The first-order chi connectivity index (χ1) is 8.31. The molecular formula is C13H23N3O. The molecule has 4 nitrogen and oxygen atoms in total. The Morgan fingerprint density at radius 3 is 2.76 bits per heavy atom. The average molecular weight is 237 g/mol. The van der Waals surface area contributed by atoms with Gasteiger partial charge in [0.05, 0.1) is 12.7 Å². The Labute approximate surface area is 103 Å². The van der Waals surface area contributed by atoms with Gasteiger partial charge in [-0.15, -0.1) is 0 Å². The minimum absolute atomic E-state index is 0.701. The van der Waals surface area contributed by atoms with Crippen molar-refractivity contribution in [2.24, 2.45) is 0 Å². The lowest BCUT2D eigenvalue weighted by molar-refractivity contribution is 0.176. The molecular weight excluding hydrogens is 214 g/mol. The monoisotopic (exact) mass is 237 g/mol. The van der Waals surface area contributed by atoms with Crippen LogP contribution in [0, 0.1) is 0 Å². The largest absolute Gasteiger partial charge is 0.444 e. The highest BCUT2D eigenvalue weighted by Crippen LogP contribution is 2.14. The second kappa shape index (κ2) is 6.17. The Kier molecular flexibility index (Phi) is 4.57. The highest BCUT2D eigenvalue weighted by molar-refractivity contribution is 4.94. The van der Waals surface area contributed by atoms with Crippen molar-refractivity contribution in [1.29, 1.82) is 0 Å². The Hall–Kier alpha value is -0.870. The summed E-state index contributed by atoms with van der Waals surface area (Å²) in [5.41, 5.74) is 0. The van der Waals surface area contributed by atoms with Crippen LogP contribution in [-0.2, 0) is 13.0 Å². The number of aromatic nitrogens is 1. The van der Waals surface area contributed by atoms with Crippen molar-refractivity contribution >= 4 is 0 Å². The van der Waals surface area contributed by atoms with Crippen LogP contribution in [0.3, 0.4) is 0 Å². The number of rotatable bonds is 5. The molecule has 0 unspecified atom stereocenters. The van der Waals surface area contributed by atoms with Gasteiger partial charge in [0, 0.05) is 25.6 Å². The zero-order valence-electron chi connectivity index (χ0n) is 10.9.